The van der Waals surface area contributed by atoms with Crippen LogP contribution in [-0.4, -0.2) is 63.6 Å². The van der Waals surface area contributed by atoms with Crippen LogP contribution >= 0.6 is 11.6 Å². The van der Waals surface area contributed by atoms with Crippen molar-refractivity contribution in [2.45, 2.75) is 26.1 Å². The molecule has 218 valence electrons. The molecule has 4 N–H and O–H groups in total. The fourth-order valence-corrected chi connectivity index (χ4v) is 4.16. The number of hydrogen-bond donors (Lipinski definition) is 4. The standard InChI is InChI=1S/C28H31ClN4O8/c1-6-10-40-26-19(29)11-17(12-22(26)37-4)14-30-33-23(34)15-41-20-9-8-18(13-21(20)39-7-2)25-24(27(35)38-5)16(3)31-28(36)32-25/h1,8-9,11-14,23,25,33-34H,7,10,15H2,2-5H3,(H2,31,32,36)/b30-14-/t23-,25+/m1/s1. The molecule has 1 aliphatic rings. The van der Waals surface area contributed by atoms with E-state index in [9.17, 15) is 14.7 Å². The molecule has 0 bridgehead atoms. The van der Waals surface area contributed by atoms with Gasteiger partial charge in [0.05, 0.1) is 43.7 Å². The number of allylic oxidation sites excluding steroid dienone is 1. The molecule has 12 nitrogen and oxygen atoms in total. The van der Waals surface area contributed by atoms with Crippen molar-refractivity contribution in [3.8, 4) is 35.3 Å². The summed E-state index contributed by atoms with van der Waals surface area (Å²) in [6, 6.07) is 6.97. The smallest absolute Gasteiger partial charge is 0.337 e. The molecule has 0 radical (unpaired) electrons. The van der Waals surface area contributed by atoms with Crippen molar-refractivity contribution in [3.63, 3.8) is 0 Å². The third-order valence-corrected chi connectivity index (χ3v) is 5.94. The molecule has 1 aliphatic heterocycles. The van der Waals surface area contributed by atoms with Gasteiger partial charge in [-0.05, 0) is 49.2 Å². The molecule has 0 unspecified atom stereocenters. The quantitative estimate of drug-likeness (QED) is 0.0913. The van der Waals surface area contributed by atoms with Crippen LogP contribution in [0.15, 0.2) is 46.7 Å². The third-order valence-electron chi connectivity index (χ3n) is 5.66. The van der Waals surface area contributed by atoms with E-state index in [2.05, 4.69) is 27.1 Å². The molecule has 2 amide bonds. The number of carbonyl (C=O) groups excluding carboxylic acids is 2. The summed E-state index contributed by atoms with van der Waals surface area (Å²) >= 11 is 6.27. The van der Waals surface area contributed by atoms with E-state index in [1.165, 1.54) is 20.4 Å². The second-order valence-corrected chi connectivity index (χ2v) is 8.85. The van der Waals surface area contributed by atoms with Crippen LogP contribution in [0.25, 0.3) is 0 Å². The van der Waals surface area contributed by atoms with Gasteiger partial charge >= 0.3 is 12.0 Å². The van der Waals surface area contributed by atoms with Crippen LogP contribution in [-0.2, 0) is 9.53 Å². The van der Waals surface area contributed by atoms with Crippen LogP contribution in [0.3, 0.4) is 0 Å². The Morgan fingerprint density at radius 2 is 2.00 bits per heavy atom. The normalized spacial score (nSPS) is 15.3. The van der Waals surface area contributed by atoms with Crippen molar-refractivity contribution < 1.29 is 38.4 Å². The second-order valence-electron chi connectivity index (χ2n) is 8.44. The molecule has 2 aromatic rings. The zero-order valence-corrected chi connectivity index (χ0v) is 23.7. The van der Waals surface area contributed by atoms with Crippen molar-refractivity contribution >= 4 is 29.8 Å². The number of halogens is 1. The van der Waals surface area contributed by atoms with Gasteiger partial charge in [-0.15, -0.1) is 6.42 Å². The molecule has 0 aliphatic carbocycles. The molecule has 2 aromatic carbocycles. The summed E-state index contributed by atoms with van der Waals surface area (Å²) in [5, 5.41) is 20.0. The molecule has 3 rings (SSSR count). The van der Waals surface area contributed by atoms with Crippen molar-refractivity contribution in [3.05, 3.63) is 57.8 Å². The van der Waals surface area contributed by atoms with E-state index in [1.807, 2.05) is 0 Å². The van der Waals surface area contributed by atoms with E-state index >= 15 is 0 Å². The molecule has 0 saturated heterocycles. The SMILES string of the molecule is C#CCOc1c(Cl)cc(/C=N\N[C@H](O)COc2ccc([C@@H]3NC(=O)NC(C)=C3C(=O)OC)cc2OCC)cc1OC. The summed E-state index contributed by atoms with van der Waals surface area (Å²) in [7, 11) is 2.73. The number of esters is 1. The highest BCUT2D eigenvalue weighted by atomic mass is 35.5. The van der Waals surface area contributed by atoms with Crippen LogP contribution in [0.4, 0.5) is 4.79 Å². The Morgan fingerprint density at radius 1 is 1.22 bits per heavy atom. The van der Waals surface area contributed by atoms with Crippen LogP contribution in [0, 0.1) is 12.3 Å². The van der Waals surface area contributed by atoms with Gasteiger partial charge in [0.15, 0.2) is 29.2 Å². The average Bonchev–Trinajstić information content (AvgIpc) is 2.95. The lowest BCUT2D eigenvalue weighted by Gasteiger charge is -2.28. The van der Waals surface area contributed by atoms with Crippen LogP contribution in [0.5, 0.6) is 23.0 Å². The maximum absolute atomic E-state index is 12.4. The highest BCUT2D eigenvalue weighted by molar-refractivity contribution is 6.32. The minimum absolute atomic E-state index is 0.0326. The second kappa shape index (κ2) is 14.7. The summed E-state index contributed by atoms with van der Waals surface area (Å²) in [4.78, 5) is 24.5. The zero-order chi connectivity index (χ0) is 29.9. The number of aliphatic hydroxyl groups excluding tert-OH is 1. The van der Waals surface area contributed by atoms with Gasteiger partial charge in [0, 0.05) is 5.70 Å². The number of hydrogen-bond acceptors (Lipinski definition) is 10. The number of methoxy groups -OCH3 is 2. The minimum Gasteiger partial charge on any atom is -0.493 e. The van der Waals surface area contributed by atoms with E-state index in [0.29, 0.717) is 46.4 Å². The van der Waals surface area contributed by atoms with Gasteiger partial charge in [-0.25, -0.2) is 9.59 Å². The number of rotatable bonds is 13. The van der Waals surface area contributed by atoms with Crippen molar-refractivity contribution in [2.75, 3.05) is 34.0 Å². The number of ether oxygens (including phenoxy) is 5. The molecular formula is C28H31ClN4O8. The fourth-order valence-electron chi connectivity index (χ4n) is 3.89. The summed E-state index contributed by atoms with van der Waals surface area (Å²) in [6.45, 7) is 3.58. The van der Waals surface area contributed by atoms with E-state index in [-0.39, 0.29) is 23.8 Å². The predicted octanol–water partition coefficient (Wildman–Crippen LogP) is 2.88. The van der Waals surface area contributed by atoms with Gasteiger partial charge in [-0.1, -0.05) is 23.6 Å². The average molecular weight is 587 g/mol. The number of nitrogens with one attached hydrogen (secondary N) is 3. The predicted molar refractivity (Wildman–Crippen MR) is 151 cm³/mol. The minimum atomic E-state index is -1.18. The Kier molecular flexibility index (Phi) is 11.1. The number of benzene rings is 2. The number of urea groups is 1. The van der Waals surface area contributed by atoms with Crippen LogP contribution < -0.4 is 35.0 Å². The first-order chi connectivity index (χ1) is 19.7. The summed E-state index contributed by atoms with van der Waals surface area (Å²) in [5.74, 6) is 3.16. The maximum Gasteiger partial charge on any atom is 0.337 e. The number of terminal acetylenes is 1. The molecule has 41 heavy (non-hydrogen) atoms. The molecular weight excluding hydrogens is 556 g/mol. The lowest BCUT2D eigenvalue weighted by atomic mass is 9.95. The molecule has 0 spiro atoms. The van der Waals surface area contributed by atoms with Crippen molar-refractivity contribution in [1.29, 1.82) is 0 Å². The summed E-state index contributed by atoms with van der Waals surface area (Å²) < 4.78 is 27.1. The zero-order valence-electron chi connectivity index (χ0n) is 22.9. The number of aliphatic hydroxyl groups is 1. The van der Waals surface area contributed by atoms with E-state index in [4.69, 9.17) is 41.7 Å². The summed E-state index contributed by atoms with van der Waals surface area (Å²) in [5.41, 5.74) is 4.35. The molecule has 0 fully saturated rings. The first-order valence-electron chi connectivity index (χ1n) is 12.4. The number of nitrogens with zero attached hydrogens (tertiary/aromatic N) is 1. The Labute approximate surface area is 242 Å². The van der Waals surface area contributed by atoms with E-state index < -0.39 is 24.3 Å². The Balaban J connectivity index is 1.69. The van der Waals surface area contributed by atoms with Gasteiger partial charge in [-0.2, -0.15) is 5.10 Å². The first kappa shape index (κ1) is 30.9. The monoisotopic (exact) mass is 586 g/mol. The van der Waals surface area contributed by atoms with E-state index in [1.54, 1.807) is 44.2 Å². The molecule has 1 heterocycles. The van der Waals surface area contributed by atoms with Crippen molar-refractivity contribution in [2.24, 2.45) is 5.10 Å². The van der Waals surface area contributed by atoms with Crippen molar-refractivity contribution in [1.82, 2.24) is 16.1 Å². The largest absolute Gasteiger partial charge is 0.493 e. The maximum atomic E-state index is 12.4. The lowest BCUT2D eigenvalue weighted by molar-refractivity contribution is -0.136. The first-order valence-corrected chi connectivity index (χ1v) is 12.8. The van der Waals surface area contributed by atoms with Gasteiger partial charge in [0.1, 0.15) is 13.2 Å². The molecule has 0 aromatic heterocycles. The Bertz CT molecular complexity index is 1370. The van der Waals surface area contributed by atoms with Gasteiger partial charge in [0.2, 0.25) is 0 Å². The van der Waals surface area contributed by atoms with E-state index in [0.717, 1.165) is 0 Å². The Morgan fingerprint density at radius 3 is 2.68 bits per heavy atom. The van der Waals surface area contributed by atoms with Gasteiger partial charge < -0.3 is 39.4 Å². The van der Waals surface area contributed by atoms with Gasteiger partial charge in [-0.3, -0.25) is 5.43 Å². The van der Waals surface area contributed by atoms with Gasteiger partial charge in [0.25, 0.3) is 0 Å². The number of amides is 2. The third kappa shape index (κ3) is 7.97. The Hall–Kier alpha value is -4.60. The highest BCUT2D eigenvalue weighted by Gasteiger charge is 2.32. The van der Waals surface area contributed by atoms with Crippen LogP contribution in [0.2, 0.25) is 5.02 Å². The number of carbonyl (C=O) groups is 2. The topological polar surface area (TPSA) is 149 Å². The fraction of sp³-hybridized carbons (Fsp3) is 0.321. The summed E-state index contributed by atoms with van der Waals surface area (Å²) in [6.07, 6.45) is 5.48. The lowest BCUT2D eigenvalue weighted by Crippen LogP contribution is -2.45. The molecule has 2 atom stereocenters. The highest BCUT2D eigenvalue weighted by Crippen LogP contribution is 2.36. The number of hydrazone groups is 1. The van der Waals surface area contributed by atoms with Crippen LogP contribution in [0.1, 0.15) is 31.0 Å². The molecule has 13 heteroatoms. The molecule has 0 saturated carbocycles.